The number of halogens is 1. The van der Waals surface area contributed by atoms with E-state index in [1.807, 2.05) is 25.1 Å². The summed E-state index contributed by atoms with van der Waals surface area (Å²) in [7, 11) is 0. The molecule has 0 radical (unpaired) electrons. The van der Waals surface area contributed by atoms with Gasteiger partial charge in [0.25, 0.3) is 0 Å². The number of oxazole rings is 1. The first kappa shape index (κ1) is 11.8. The van der Waals surface area contributed by atoms with Crippen LogP contribution < -0.4 is 5.32 Å². The van der Waals surface area contributed by atoms with Gasteiger partial charge >= 0.3 is 0 Å². The van der Waals surface area contributed by atoms with Crippen molar-refractivity contribution in [3.63, 3.8) is 0 Å². The minimum Gasteiger partial charge on any atom is -0.444 e. The van der Waals surface area contributed by atoms with Crippen LogP contribution in [0.3, 0.4) is 0 Å². The van der Waals surface area contributed by atoms with Crippen LogP contribution in [-0.4, -0.2) is 11.0 Å². The number of hydrogen-bond donors (Lipinski definition) is 1. The van der Waals surface area contributed by atoms with Gasteiger partial charge < -0.3 is 9.73 Å². The molecule has 0 saturated heterocycles. The SMILES string of the molecule is Cc1ccc(Cl)cc1-c1nc(CNC2CC2)co1. The van der Waals surface area contributed by atoms with E-state index in [1.54, 1.807) is 6.26 Å². The Kier molecular flexibility index (Phi) is 3.10. The van der Waals surface area contributed by atoms with Gasteiger partial charge in [-0.2, -0.15) is 0 Å². The monoisotopic (exact) mass is 262 g/mol. The summed E-state index contributed by atoms with van der Waals surface area (Å²) < 4.78 is 5.53. The second-order valence-electron chi connectivity index (χ2n) is 4.76. The van der Waals surface area contributed by atoms with Gasteiger partial charge in [-0.25, -0.2) is 4.98 Å². The fraction of sp³-hybridized carbons (Fsp3) is 0.357. The maximum Gasteiger partial charge on any atom is 0.226 e. The van der Waals surface area contributed by atoms with E-state index in [1.165, 1.54) is 12.8 Å². The first-order chi connectivity index (χ1) is 8.72. The second kappa shape index (κ2) is 4.75. The van der Waals surface area contributed by atoms with Crippen molar-refractivity contribution in [2.45, 2.75) is 32.4 Å². The molecule has 1 fully saturated rings. The van der Waals surface area contributed by atoms with Crippen molar-refractivity contribution < 1.29 is 4.42 Å². The molecule has 4 heteroatoms. The van der Waals surface area contributed by atoms with Crippen LogP contribution in [-0.2, 0) is 6.54 Å². The lowest BCUT2D eigenvalue weighted by molar-refractivity contribution is 0.569. The molecule has 0 unspecified atom stereocenters. The highest BCUT2D eigenvalue weighted by Crippen LogP contribution is 2.26. The van der Waals surface area contributed by atoms with Crippen molar-refractivity contribution in [2.24, 2.45) is 0 Å². The molecule has 0 bridgehead atoms. The van der Waals surface area contributed by atoms with E-state index in [4.69, 9.17) is 16.0 Å². The quantitative estimate of drug-likeness (QED) is 0.916. The lowest BCUT2D eigenvalue weighted by Crippen LogP contribution is -2.15. The topological polar surface area (TPSA) is 38.1 Å². The molecular formula is C14H15ClN2O. The Bertz CT molecular complexity index is 561. The molecule has 0 amide bonds. The number of aromatic nitrogens is 1. The molecule has 1 aliphatic carbocycles. The number of rotatable bonds is 4. The fourth-order valence-corrected chi connectivity index (χ4v) is 2.04. The average Bonchev–Trinajstić information content (AvgIpc) is 3.08. The maximum atomic E-state index is 6.00. The smallest absolute Gasteiger partial charge is 0.226 e. The third-order valence-electron chi connectivity index (χ3n) is 3.13. The van der Waals surface area contributed by atoms with E-state index in [0.717, 1.165) is 23.4 Å². The molecule has 3 nitrogen and oxygen atoms in total. The molecule has 1 saturated carbocycles. The van der Waals surface area contributed by atoms with E-state index in [0.29, 0.717) is 17.0 Å². The summed E-state index contributed by atoms with van der Waals surface area (Å²) in [6.45, 7) is 2.80. The molecular weight excluding hydrogens is 248 g/mol. The lowest BCUT2D eigenvalue weighted by Gasteiger charge is -2.01. The van der Waals surface area contributed by atoms with E-state index in [2.05, 4.69) is 10.3 Å². The number of benzene rings is 1. The van der Waals surface area contributed by atoms with Crippen molar-refractivity contribution >= 4 is 11.6 Å². The zero-order chi connectivity index (χ0) is 12.5. The Hall–Kier alpha value is -1.32. The molecule has 0 spiro atoms. The Morgan fingerprint density at radius 2 is 2.28 bits per heavy atom. The Labute approximate surface area is 111 Å². The van der Waals surface area contributed by atoms with Gasteiger partial charge in [-0.1, -0.05) is 17.7 Å². The Balaban J connectivity index is 1.80. The molecule has 1 aromatic carbocycles. The molecule has 0 aliphatic heterocycles. The predicted molar refractivity (Wildman–Crippen MR) is 71.5 cm³/mol. The van der Waals surface area contributed by atoms with Crippen LogP contribution in [0.2, 0.25) is 5.02 Å². The van der Waals surface area contributed by atoms with Gasteiger partial charge in [0.2, 0.25) is 5.89 Å². The van der Waals surface area contributed by atoms with Crippen LogP contribution in [0.1, 0.15) is 24.1 Å². The van der Waals surface area contributed by atoms with Crippen LogP contribution >= 0.6 is 11.6 Å². The largest absolute Gasteiger partial charge is 0.444 e. The highest BCUT2D eigenvalue weighted by Gasteiger charge is 2.20. The first-order valence-corrected chi connectivity index (χ1v) is 6.54. The van der Waals surface area contributed by atoms with Crippen molar-refractivity contribution in [1.82, 2.24) is 10.3 Å². The lowest BCUT2D eigenvalue weighted by atomic mass is 10.1. The van der Waals surface area contributed by atoms with Crippen LogP contribution in [0.5, 0.6) is 0 Å². The molecule has 2 aromatic rings. The summed E-state index contributed by atoms with van der Waals surface area (Å²) in [5.41, 5.74) is 3.01. The van der Waals surface area contributed by atoms with Gasteiger partial charge in [-0.3, -0.25) is 0 Å². The first-order valence-electron chi connectivity index (χ1n) is 6.17. The van der Waals surface area contributed by atoms with E-state index in [-0.39, 0.29) is 0 Å². The average molecular weight is 263 g/mol. The van der Waals surface area contributed by atoms with Crippen LogP contribution in [0.15, 0.2) is 28.9 Å². The number of hydrogen-bond acceptors (Lipinski definition) is 3. The number of aryl methyl sites for hydroxylation is 1. The van der Waals surface area contributed by atoms with Gasteiger partial charge in [0.15, 0.2) is 0 Å². The summed E-state index contributed by atoms with van der Waals surface area (Å²) >= 11 is 6.00. The van der Waals surface area contributed by atoms with Gasteiger partial charge in [-0.15, -0.1) is 0 Å². The van der Waals surface area contributed by atoms with E-state index < -0.39 is 0 Å². The summed E-state index contributed by atoms with van der Waals surface area (Å²) in [4.78, 5) is 4.49. The van der Waals surface area contributed by atoms with Crippen LogP contribution in [0.4, 0.5) is 0 Å². The van der Waals surface area contributed by atoms with Crippen LogP contribution in [0, 0.1) is 6.92 Å². The minimum atomic E-state index is 0.641. The van der Waals surface area contributed by atoms with Crippen molar-refractivity contribution in [2.75, 3.05) is 0 Å². The second-order valence-corrected chi connectivity index (χ2v) is 5.19. The van der Waals surface area contributed by atoms with Gasteiger partial charge in [-0.05, 0) is 37.5 Å². The molecule has 94 valence electrons. The highest BCUT2D eigenvalue weighted by molar-refractivity contribution is 6.30. The van der Waals surface area contributed by atoms with E-state index >= 15 is 0 Å². The molecule has 1 heterocycles. The molecule has 18 heavy (non-hydrogen) atoms. The standard InChI is InChI=1S/C14H15ClN2O/c1-9-2-3-10(15)6-13(9)14-17-12(8-18-14)7-16-11-4-5-11/h2-3,6,8,11,16H,4-5,7H2,1H3. The van der Waals surface area contributed by atoms with Crippen LogP contribution in [0.25, 0.3) is 11.5 Å². The fourth-order valence-electron chi connectivity index (χ4n) is 1.87. The van der Waals surface area contributed by atoms with Gasteiger partial charge in [0.1, 0.15) is 6.26 Å². The molecule has 1 N–H and O–H groups in total. The number of nitrogens with one attached hydrogen (secondary N) is 1. The van der Waals surface area contributed by atoms with Gasteiger partial charge in [0, 0.05) is 23.2 Å². The molecule has 3 rings (SSSR count). The van der Waals surface area contributed by atoms with Crippen molar-refractivity contribution in [1.29, 1.82) is 0 Å². The van der Waals surface area contributed by atoms with Crippen molar-refractivity contribution in [3.8, 4) is 11.5 Å². The normalized spacial score (nSPS) is 15.0. The molecule has 0 atom stereocenters. The molecule has 1 aromatic heterocycles. The molecule has 1 aliphatic rings. The highest BCUT2D eigenvalue weighted by atomic mass is 35.5. The third kappa shape index (κ3) is 2.57. The third-order valence-corrected chi connectivity index (χ3v) is 3.37. The Morgan fingerprint density at radius 3 is 3.06 bits per heavy atom. The zero-order valence-corrected chi connectivity index (χ0v) is 11.0. The summed E-state index contributed by atoms with van der Waals surface area (Å²) in [5.74, 6) is 0.641. The van der Waals surface area contributed by atoms with Crippen molar-refractivity contribution in [3.05, 3.63) is 40.7 Å². The summed E-state index contributed by atoms with van der Waals surface area (Å²) in [6, 6.07) is 6.42. The van der Waals surface area contributed by atoms with E-state index in [9.17, 15) is 0 Å². The Morgan fingerprint density at radius 1 is 1.44 bits per heavy atom. The summed E-state index contributed by atoms with van der Waals surface area (Å²) in [6.07, 6.45) is 4.27. The maximum absolute atomic E-state index is 6.00. The number of nitrogens with zero attached hydrogens (tertiary/aromatic N) is 1. The van der Waals surface area contributed by atoms with Gasteiger partial charge in [0.05, 0.1) is 5.69 Å². The summed E-state index contributed by atoms with van der Waals surface area (Å²) in [5, 5.41) is 4.12. The zero-order valence-electron chi connectivity index (χ0n) is 10.2. The predicted octanol–water partition coefficient (Wildman–Crippen LogP) is 3.56. The minimum absolute atomic E-state index is 0.641.